The summed E-state index contributed by atoms with van der Waals surface area (Å²) in [4.78, 5) is 8.56. The van der Waals surface area contributed by atoms with E-state index in [2.05, 4.69) is 26.5 Å². The van der Waals surface area contributed by atoms with Gasteiger partial charge in [0, 0.05) is 0 Å². The maximum absolute atomic E-state index is 8.56. The summed E-state index contributed by atoms with van der Waals surface area (Å²) in [5.41, 5.74) is 1.35. The summed E-state index contributed by atoms with van der Waals surface area (Å²) in [6, 6.07) is 0. The van der Waals surface area contributed by atoms with Gasteiger partial charge in [0.15, 0.2) is 0 Å². The Morgan fingerprint density at radius 2 is 1.83 bits per heavy atom. The quantitative estimate of drug-likeness (QED) is 0.643. The second-order valence-electron chi connectivity index (χ2n) is 2.03. The van der Waals surface area contributed by atoms with Gasteiger partial charge in [0.25, 0.3) is 0 Å². The van der Waals surface area contributed by atoms with Crippen LogP contribution in [0.3, 0.4) is 0 Å². The molecule has 12 heavy (non-hydrogen) atoms. The Labute approximate surface area is 73.0 Å². The van der Waals surface area contributed by atoms with Gasteiger partial charge in [0.05, 0.1) is 0 Å². The lowest BCUT2D eigenvalue weighted by molar-refractivity contribution is 0.137. The maximum atomic E-state index is 8.56. The molecule has 3 nitrogen and oxygen atoms in total. The van der Waals surface area contributed by atoms with Crippen LogP contribution < -0.4 is 0 Å². The van der Waals surface area contributed by atoms with Crippen molar-refractivity contribution in [1.29, 1.82) is 0 Å². The molecule has 0 aromatic carbocycles. The number of carboxylic acid groups (broad SMARTS) is 2. The average molecular weight is 172 g/mol. The predicted molar refractivity (Wildman–Crippen MR) is 49.5 cm³/mol. The van der Waals surface area contributed by atoms with Crippen LogP contribution in [0.2, 0.25) is 0 Å². The van der Waals surface area contributed by atoms with E-state index in [0.29, 0.717) is 0 Å². The molecule has 0 saturated heterocycles. The van der Waals surface area contributed by atoms with Crippen LogP contribution in [0, 0.1) is 0 Å². The third kappa shape index (κ3) is 15.9. The Morgan fingerprint density at radius 3 is 1.92 bits per heavy atom. The van der Waals surface area contributed by atoms with Crippen LogP contribution in [0.25, 0.3) is 0 Å². The summed E-state index contributed by atoms with van der Waals surface area (Å²) in [5, 5.41) is 13.9. The molecule has 0 spiro atoms. The van der Waals surface area contributed by atoms with Crippen LogP contribution >= 0.6 is 0 Å². The third-order valence-corrected chi connectivity index (χ3v) is 1.14. The van der Waals surface area contributed by atoms with E-state index in [1.165, 1.54) is 5.57 Å². The number of rotatable bonds is 3. The molecule has 0 radical (unpaired) electrons. The Kier molecular flexibility index (Phi) is 10.8. The second kappa shape index (κ2) is 9.75. The summed E-state index contributed by atoms with van der Waals surface area (Å²) in [7, 11) is 0. The van der Waals surface area contributed by atoms with Crippen molar-refractivity contribution in [2.75, 3.05) is 0 Å². The summed E-state index contributed by atoms with van der Waals surface area (Å²) >= 11 is 0. The van der Waals surface area contributed by atoms with Gasteiger partial charge in [-0.2, -0.15) is 0 Å². The minimum absolute atomic E-state index is 1.11. The van der Waals surface area contributed by atoms with E-state index in [1.807, 2.05) is 6.08 Å². The van der Waals surface area contributed by atoms with Crippen molar-refractivity contribution in [2.24, 2.45) is 0 Å². The molecule has 0 aromatic heterocycles. The summed E-state index contributed by atoms with van der Waals surface area (Å²) < 4.78 is 0. The van der Waals surface area contributed by atoms with E-state index < -0.39 is 6.16 Å². The molecule has 0 rings (SSSR count). The number of hydrogen-bond donors (Lipinski definition) is 2. The van der Waals surface area contributed by atoms with Gasteiger partial charge in [0.1, 0.15) is 0 Å². The first-order valence-electron chi connectivity index (χ1n) is 3.81. The van der Waals surface area contributed by atoms with Gasteiger partial charge in [-0.25, -0.2) is 4.79 Å². The van der Waals surface area contributed by atoms with Gasteiger partial charge in [-0.15, -0.1) is 0 Å². The van der Waals surface area contributed by atoms with E-state index >= 15 is 0 Å². The second-order valence-corrected chi connectivity index (χ2v) is 2.03. The number of carbonyl (C=O) groups is 1. The van der Waals surface area contributed by atoms with E-state index in [-0.39, 0.29) is 0 Å². The van der Waals surface area contributed by atoms with E-state index in [9.17, 15) is 0 Å². The van der Waals surface area contributed by atoms with Crippen LogP contribution in [0.4, 0.5) is 4.79 Å². The highest BCUT2D eigenvalue weighted by Crippen LogP contribution is 2.01. The topological polar surface area (TPSA) is 57.5 Å². The first kappa shape index (κ1) is 13.3. The maximum Gasteiger partial charge on any atom is 0.503 e. The Hall–Kier alpha value is -1.25. The standard InChI is InChI=1S/C8H14.CH2O3/c1-4-7-8(5-2)6-3;2-1(3)4/h5,7H,2,4,6H2,1,3H3;(H2,2,3,4). The zero-order valence-electron chi connectivity index (χ0n) is 7.58. The molecule has 3 heteroatoms. The first-order chi connectivity index (χ1) is 5.58. The lowest BCUT2D eigenvalue weighted by Gasteiger charge is -1.91. The van der Waals surface area contributed by atoms with Gasteiger partial charge in [0.2, 0.25) is 0 Å². The van der Waals surface area contributed by atoms with Crippen LogP contribution in [0.15, 0.2) is 24.3 Å². The van der Waals surface area contributed by atoms with E-state index in [0.717, 1.165) is 12.8 Å². The number of hydrogen-bond acceptors (Lipinski definition) is 1. The largest absolute Gasteiger partial charge is 0.503 e. The Balaban J connectivity index is 0. The number of allylic oxidation sites excluding steroid dienone is 3. The van der Waals surface area contributed by atoms with Crippen molar-refractivity contribution in [3.8, 4) is 0 Å². The smallest absolute Gasteiger partial charge is 0.450 e. The van der Waals surface area contributed by atoms with Crippen molar-refractivity contribution in [1.82, 2.24) is 0 Å². The molecule has 70 valence electrons. The Bertz CT molecular complexity index is 155. The fourth-order valence-corrected chi connectivity index (χ4v) is 0.634. The van der Waals surface area contributed by atoms with Gasteiger partial charge in [-0.3, -0.25) is 0 Å². The lowest BCUT2D eigenvalue weighted by atomic mass is 10.2. The summed E-state index contributed by atoms with van der Waals surface area (Å²) in [6.07, 6.45) is 4.52. The minimum Gasteiger partial charge on any atom is -0.450 e. The molecule has 0 fully saturated rings. The van der Waals surface area contributed by atoms with Crippen LogP contribution in [0.5, 0.6) is 0 Å². The molecule has 0 unspecified atom stereocenters. The lowest BCUT2D eigenvalue weighted by Crippen LogP contribution is -1.81. The zero-order valence-corrected chi connectivity index (χ0v) is 7.58. The highest BCUT2D eigenvalue weighted by atomic mass is 16.6. The van der Waals surface area contributed by atoms with Crippen molar-refractivity contribution >= 4 is 6.16 Å². The molecule has 0 heterocycles. The molecule has 0 aliphatic heterocycles. The highest BCUT2D eigenvalue weighted by Gasteiger charge is 1.80. The van der Waals surface area contributed by atoms with Crippen LogP contribution in [0.1, 0.15) is 26.7 Å². The Morgan fingerprint density at radius 1 is 1.42 bits per heavy atom. The normalized spacial score (nSPS) is 9.67. The predicted octanol–water partition coefficient (Wildman–Crippen LogP) is 3.14. The van der Waals surface area contributed by atoms with E-state index in [1.54, 1.807) is 0 Å². The monoisotopic (exact) mass is 172 g/mol. The molecule has 0 aliphatic carbocycles. The molecule has 0 atom stereocenters. The zero-order chi connectivity index (χ0) is 9.98. The van der Waals surface area contributed by atoms with E-state index in [4.69, 9.17) is 15.0 Å². The molecule has 0 aliphatic rings. The van der Waals surface area contributed by atoms with Crippen LogP contribution in [-0.2, 0) is 0 Å². The minimum atomic E-state index is -1.83. The third-order valence-electron chi connectivity index (χ3n) is 1.14. The fraction of sp³-hybridized carbons (Fsp3) is 0.444. The fourth-order valence-electron chi connectivity index (χ4n) is 0.634. The van der Waals surface area contributed by atoms with Gasteiger partial charge in [-0.05, 0) is 12.8 Å². The van der Waals surface area contributed by atoms with Gasteiger partial charge in [-0.1, -0.05) is 38.2 Å². The summed E-state index contributed by atoms with van der Waals surface area (Å²) in [5.74, 6) is 0. The van der Waals surface area contributed by atoms with Crippen LogP contribution in [-0.4, -0.2) is 16.4 Å². The molecule has 0 amide bonds. The van der Waals surface area contributed by atoms with Crippen molar-refractivity contribution in [3.05, 3.63) is 24.3 Å². The molecule has 0 aromatic rings. The van der Waals surface area contributed by atoms with Gasteiger partial charge >= 0.3 is 6.16 Å². The molecular weight excluding hydrogens is 156 g/mol. The molecule has 0 bridgehead atoms. The average Bonchev–Trinajstić information content (AvgIpc) is 1.99. The van der Waals surface area contributed by atoms with Crippen molar-refractivity contribution in [2.45, 2.75) is 26.7 Å². The molecule has 0 saturated carbocycles. The molecular formula is C9H16O3. The van der Waals surface area contributed by atoms with Crippen molar-refractivity contribution < 1.29 is 15.0 Å². The summed E-state index contributed by atoms with van der Waals surface area (Å²) in [6.45, 7) is 7.96. The SMILES string of the molecule is C=CC(=CCC)CC.O=C(O)O. The molecule has 2 N–H and O–H groups in total. The highest BCUT2D eigenvalue weighted by molar-refractivity contribution is 5.53. The van der Waals surface area contributed by atoms with Crippen molar-refractivity contribution in [3.63, 3.8) is 0 Å². The first-order valence-corrected chi connectivity index (χ1v) is 3.81. The van der Waals surface area contributed by atoms with Gasteiger partial charge < -0.3 is 10.2 Å².